The predicted molar refractivity (Wildman–Crippen MR) is 78.3 cm³/mol. The Bertz CT molecular complexity index is 611. The molecule has 106 valence electrons. The molecular formula is C14H17ClN4O. The molecule has 6 heteroatoms. The second kappa shape index (κ2) is 5.71. The van der Waals surface area contributed by atoms with Crippen LogP contribution in [0, 0.1) is 0 Å². The summed E-state index contributed by atoms with van der Waals surface area (Å²) < 4.78 is 7.35. The number of anilines is 1. The van der Waals surface area contributed by atoms with Crippen LogP contribution < -0.4 is 10.1 Å². The van der Waals surface area contributed by atoms with Crippen molar-refractivity contribution < 1.29 is 4.74 Å². The lowest BCUT2D eigenvalue weighted by molar-refractivity contribution is 0.415. The van der Waals surface area contributed by atoms with Crippen LogP contribution in [0.2, 0.25) is 5.02 Å². The molecule has 3 rings (SSSR count). The van der Waals surface area contributed by atoms with E-state index in [1.165, 1.54) is 12.8 Å². The summed E-state index contributed by atoms with van der Waals surface area (Å²) in [5.41, 5.74) is 0.948. The molecule has 0 radical (unpaired) electrons. The molecule has 0 amide bonds. The Morgan fingerprint density at radius 1 is 1.35 bits per heavy atom. The minimum absolute atomic E-state index is 0.598. The van der Waals surface area contributed by atoms with Crippen LogP contribution in [0.4, 0.5) is 5.69 Å². The largest absolute Gasteiger partial charge is 0.495 e. The smallest absolute Gasteiger partial charge is 0.152 e. The first kappa shape index (κ1) is 13.2. The van der Waals surface area contributed by atoms with Crippen molar-refractivity contribution in [3.05, 3.63) is 34.9 Å². The Balaban J connectivity index is 1.70. The molecule has 0 saturated carbocycles. The number of rotatable bonds is 4. The van der Waals surface area contributed by atoms with Crippen molar-refractivity contribution in [3.8, 4) is 5.75 Å². The molecule has 0 bridgehead atoms. The van der Waals surface area contributed by atoms with E-state index in [0.717, 1.165) is 30.3 Å². The molecule has 0 aliphatic carbocycles. The van der Waals surface area contributed by atoms with Crippen molar-refractivity contribution in [3.63, 3.8) is 0 Å². The molecule has 0 unspecified atom stereocenters. The van der Waals surface area contributed by atoms with E-state index in [-0.39, 0.29) is 0 Å². The maximum atomic E-state index is 6.11. The molecule has 5 nitrogen and oxygen atoms in total. The summed E-state index contributed by atoms with van der Waals surface area (Å²) in [4.78, 5) is 0. The van der Waals surface area contributed by atoms with Gasteiger partial charge in [-0.2, -0.15) is 0 Å². The third kappa shape index (κ3) is 2.58. The molecule has 0 fully saturated rings. The van der Waals surface area contributed by atoms with Crippen molar-refractivity contribution in [1.82, 2.24) is 14.8 Å². The minimum atomic E-state index is 0.598. The van der Waals surface area contributed by atoms with Crippen LogP contribution in [0.15, 0.2) is 18.2 Å². The molecule has 1 N–H and O–H groups in total. The van der Waals surface area contributed by atoms with Gasteiger partial charge in [-0.15, -0.1) is 10.2 Å². The first-order valence-corrected chi connectivity index (χ1v) is 7.14. The van der Waals surface area contributed by atoms with E-state index in [2.05, 4.69) is 20.1 Å². The van der Waals surface area contributed by atoms with Crippen LogP contribution in [0.3, 0.4) is 0 Å². The van der Waals surface area contributed by atoms with Gasteiger partial charge in [0.1, 0.15) is 11.6 Å². The van der Waals surface area contributed by atoms with Gasteiger partial charge in [-0.25, -0.2) is 0 Å². The molecule has 1 aromatic carbocycles. The van der Waals surface area contributed by atoms with Crippen molar-refractivity contribution in [2.24, 2.45) is 0 Å². The van der Waals surface area contributed by atoms with Gasteiger partial charge >= 0.3 is 0 Å². The van der Waals surface area contributed by atoms with Gasteiger partial charge in [0.05, 0.1) is 18.7 Å². The van der Waals surface area contributed by atoms with Gasteiger partial charge in [-0.05, 0) is 31.0 Å². The number of aryl methyl sites for hydroxylation is 1. The van der Waals surface area contributed by atoms with Crippen LogP contribution >= 0.6 is 11.6 Å². The van der Waals surface area contributed by atoms with E-state index in [4.69, 9.17) is 16.3 Å². The zero-order valence-corrected chi connectivity index (χ0v) is 12.2. The molecule has 20 heavy (non-hydrogen) atoms. The van der Waals surface area contributed by atoms with Crippen LogP contribution in [0.5, 0.6) is 5.75 Å². The normalized spacial score (nSPS) is 13.9. The van der Waals surface area contributed by atoms with Gasteiger partial charge in [0.2, 0.25) is 0 Å². The topological polar surface area (TPSA) is 52.0 Å². The lowest BCUT2D eigenvalue weighted by Crippen LogP contribution is -2.15. The van der Waals surface area contributed by atoms with Gasteiger partial charge in [-0.3, -0.25) is 0 Å². The lowest BCUT2D eigenvalue weighted by Gasteiger charge is -2.15. The maximum absolute atomic E-state index is 6.11. The summed E-state index contributed by atoms with van der Waals surface area (Å²) >= 11 is 6.11. The Morgan fingerprint density at radius 3 is 3.05 bits per heavy atom. The zero-order chi connectivity index (χ0) is 13.9. The minimum Gasteiger partial charge on any atom is -0.495 e. The highest BCUT2D eigenvalue weighted by molar-refractivity contribution is 6.32. The molecule has 2 heterocycles. The Labute approximate surface area is 122 Å². The molecule has 0 atom stereocenters. The number of hydrogen-bond acceptors (Lipinski definition) is 4. The third-order valence-corrected chi connectivity index (χ3v) is 3.83. The average Bonchev–Trinajstić information content (AvgIpc) is 2.88. The second-order valence-electron chi connectivity index (χ2n) is 4.84. The maximum Gasteiger partial charge on any atom is 0.152 e. The Hall–Kier alpha value is -1.75. The molecule has 1 aliphatic heterocycles. The second-order valence-corrected chi connectivity index (χ2v) is 5.25. The first-order valence-electron chi connectivity index (χ1n) is 6.76. The summed E-state index contributed by atoms with van der Waals surface area (Å²) in [7, 11) is 1.61. The highest BCUT2D eigenvalue weighted by Crippen LogP contribution is 2.27. The van der Waals surface area contributed by atoms with E-state index < -0.39 is 0 Å². The monoisotopic (exact) mass is 292 g/mol. The van der Waals surface area contributed by atoms with Gasteiger partial charge in [0.25, 0.3) is 0 Å². The van der Waals surface area contributed by atoms with Gasteiger partial charge in [-0.1, -0.05) is 11.6 Å². The standard InChI is InChI=1S/C14H17ClN4O/c1-20-12-6-5-10(8-11(12)15)16-9-14-18-17-13-4-2-3-7-19(13)14/h5-6,8,16H,2-4,7,9H2,1H3. The van der Waals surface area contributed by atoms with Crippen LogP contribution in [-0.4, -0.2) is 21.9 Å². The zero-order valence-electron chi connectivity index (χ0n) is 11.4. The number of aromatic nitrogens is 3. The predicted octanol–water partition coefficient (Wildman–Crippen LogP) is 2.89. The molecule has 0 saturated heterocycles. The fraction of sp³-hybridized carbons (Fsp3) is 0.429. The van der Waals surface area contributed by atoms with Crippen LogP contribution in [0.25, 0.3) is 0 Å². The van der Waals surface area contributed by atoms with Crippen molar-refractivity contribution in [2.75, 3.05) is 12.4 Å². The summed E-state index contributed by atoms with van der Waals surface area (Å²) in [5.74, 6) is 2.75. The number of fused-ring (bicyclic) bond motifs is 1. The summed E-state index contributed by atoms with van der Waals surface area (Å²) in [6, 6.07) is 5.65. The van der Waals surface area contributed by atoms with Gasteiger partial charge in [0.15, 0.2) is 5.82 Å². The van der Waals surface area contributed by atoms with Gasteiger partial charge < -0.3 is 14.6 Å². The Kier molecular flexibility index (Phi) is 3.78. The highest BCUT2D eigenvalue weighted by Gasteiger charge is 2.15. The van der Waals surface area contributed by atoms with E-state index in [9.17, 15) is 0 Å². The quantitative estimate of drug-likeness (QED) is 0.941. The number of benzene rings is 1. The first-order chi connectivity index (χ1) is 9.78. The van der Waals surface area contributed by atoms with E-state index >= 15 is 0 Å². The fourth-order valence-electron chi connectivity index (χ4n) is 2.46. The van der Waals surface area contributed by atoms with Gasteiger partial charge in [0, 0.05) is 18.7 Å². The fourth-order valence-corrected chi connectivity index (χ4v) is 2.71. The molecule has 2 aromatic rings. The van der Waals surface area contributed by atoms with E-state index in [0.29, 0.717) is 17.3 Å². The lowest BCUT2D eigenvalue weighted by atomic mass is 10.2. The summed E-state index contributed by atoms with van der Waals surface area (Å²) in [6.07, 6.45) is 3.44. The average molecular weight is 293 g/mol. The SMILES string of the molecule is COc1ccc(NCc2nnc3n2CCCC3)cc1Cl. The van der Waals surface area contributed by atoms with Crippen molar-refractivity contribution in [2.45, 2.75) is 32.4 Å². The number of nitrogens with zero attached hydrogens (tertiary/aromatic N) is 3. The number of hydrogen-bond donors (Lipinski definition) is 1. The van der Waals surface area contributed by atoms with E-state index in [1.54, 1.807) is 7.11 Å². The third-order valence-electron chi connectivity index (χ3n) is 3.54. The summed E-state index contributed by atoms with van der Waals surface area (Å²) in [6.45, 7) is 1.67. The van der Waals surface area contributed by atoms with Crippen molar-refractivity contribution in [1.29, 1.82) is 0 Å². The number of ether oxygens (including phenoxy) is 1. The number of methoxy groups -OCH3 is 1. The number of halogens is 1. The molecule has 1 aliphatic rings. The Morgan fingerprint density at radius 2 is 2.25 bits per heavy atom. The van der Waals surface area contributed by atoms with Crippen LogP contribution in [0.1, 0.15) is 24.5 Å². The molecular weight excluding hydrogens is 276 g/mol. The van der Waals surface area contributed by atoms with Crippen LogP contribution in [-0.2, 0) is 19.5 Å². The molecule has 1 aromatic heterocycles. The summed E-state index contributed by atoms with van der Waals surface area (Å²) in [5, 5.41) is 12.4. The number of nitrogens with one attached hydrogen (secondary N) is 1. The van der Waals surface area contributed by atoms with Crippen molar-refractivity contribution >= 4 is 17.3 Å². The molecule has 0 spiro atoms. The van der Waals surface area contributed by atoms with E-state index in [1.807, 2.05) is 18.2 Å². The highest BCUT2D eigenvalue weighted by atomic mass is 35.5.